The molecule has 5 aromatic rings. The lowest BCUT2D eigenvalue weighted by Crippen LogP contribution is -2.31. The van der Waals surface area contributed by atoms with Gasteiger partial charge < -0.3 is 15.4 Å². The fourth-order valence-corrected chi connectivity index (χ4v) is 6.37. The van der Waals surface area contributed by atoms with Crippen LogP contribution < -0.4 is 15.4 Å². The van der Waals surface area contributed by atoms with Crippen LogP contribution in [0.1, 0.15) is 29.7 Å². The standard InChI is InChI=1S/C33H27BrClN5O2S/c1-21-29(31(41)37-26-11-3-2-4-12-26)30(23-14-16-27(17-15-23)42-19-22-8-7-10-25(34)18-22)40-32(36-21)38-33(39-40)43-20-24-9-5-6-13-28(24)35/h2-18,30H,19-20H2,1H3,(H,37,41)(H,36,38,39). The molecule has 7 nitrogen and oxygen atoms in total. The highest BCUT2D eigenvalue weighted by molar-refractivity contribution is 9.10. The molecule has 6 rings (SSSR count). The number of allylic oxidation sites excluding steroid dienone is 1. The SMILES string of the molecule is CC1=C(C(=O)Nc2ccccc2)C(c2ccc(OCc3cccc(Br)c3)cc2)n2nc(SCc3ccccc3Cl)nc2N1. The van der Waals surface area contributed by atoms with Gasteiger partial charge in [0, 0.05) is 26.6 Å². The van der Waals surface area contributed by atoms with E-state index >= 15 is 0 Å². The Balaban J connectivity index is 1.29. The van der Waals surface area contributed by atoms with Crippen molar-refractivity contribution in [1.82, 2.24) is 14.8 Å². The van der Waals surface area contributed by atoms with Crippen LogP contribution in [-0.2, 0) is 17.2 Å². The summed E-state index contributed by atoms with van der Waals surface area (Å²) in [5, 5.41) is 12.5. The van der Waals surface area contributed by atoms with E-state index in [2.05, 4.69) is 26.6 Å². The lowest BCUT2D eigenvalue weighted by molar-refractivity contribution is -0.113. The molecule has 0 saturated heterocycles. The molecular formula is C33H27BrClN5O2S. The third kappa shape index (κ3) is 6.80. The average molecular weight is 673 g/mol. The number of nitrogens with zero attached hydrogens (tertiary/aromatic N) is 3. The van der Waals surface area contributed by atoms with Crippen molar-refractivity contribution in [1.29, 1.82) is 0 Å². The molecular weight excluding hydrogens is 646 g/mol. The van der Waals surface area contributed by atoms with Crippen LogP contribution in [0.25, 0.3) is 0 Å². The van der Waals surface area contributed by atoms with Crippen molar-refractivity contribution in [3.05, 3.63) is 141 Å². The minimum atomic E-state index is -0.513. The van der Waals surface area contributed by atoms with Crippen molar-refractivity contribution in [2.75, 3.05) is 10.6 Å². The highest BCUT2D eigenvalue weighted by Crippen LogP contribution is 2.38. The molecule has 1 unspecified atom stereocenters. The predicted molar refractivity (Wildman–Crippen MR) is 175 cm³/mol. The minimum absolute atomic E-state index is 0.220. The number of thioether (sulfide) groups is 1. The van der Waals surface area contributed by atoms with E-state index in [0.29, 0.717) is 45.4 Å². The molecule has 4 aromatic carbocycles. The molecule has 1 aliphatic rings. The molecule has 1 aromatic heterocycles. The smallest absolute Gasteiger partial charge is 0.255 e. The summed E-state index contributed by atoms with van der Waals surface area (Å²) in [6.45, 7) is 2.33. The highest BCUT2D eigenvalue weighted by atomic mass is 79.9. The van der Waals surface area contributed by atoms with Crippen molar-refractivity contribution in [3.8, 4) is 5.75 Å². The Bertz CT molecular complexity index is 1790. The Kier molecular flexibility index (Phi) is 8.83. The summed E-state index contributed by atoms with van der Waals surface area (Å²) >= 11 is 11.4. The second kappa shape index (κ2) is 13.1. The maximum absolute atomic E-state index is 13.8. The maximum Gasteiger partial charge on any atom is 0.255 e. The Labute approximate surface area is 267 Å². The van der Waals surface area contributed by atoms with Crippen LogP contribution in [0.5, 0.6) is 5.75 Å². The van der Waals surface area contributed by atoms with Gasteiger partial charge in [0.25, 0.3) is 5.91 Å². The second-order valence-corrected chi connectivity index (χ2v) is 12.2. The molecule has 43 heavy (non-hydrogen) atoms. The zero-order valence-corrected chi connectivity index (χ0v) is 26.3. The lowest BCUT2D eigenvalue weighted by Gasteiger charge is -2.28. The third-order valence-corrected chi connectivity index (χ3v) is 8.66. The van der Waals surface area contributed by atoms with Crippen molar-refractivity contribution < 1.29 is 9.53 Å². The number of hydrogen-bond donors (Lipinski definition) is 2. The van der Waals surface area contributed by atoms with Gasteiger partial charge in [-0.2, -0.15) is 4.98 Å². The summed E-state index contributed by atoms with van der Waals surface area (Å²) in [5.74, 6) is 1.69. The van der Waals surface area contributed by atoms with Crippen molar-refractivity contribution in [2.45, 2.75) is 30.5 Å². The third-order valence-electron chi connectivity index (χ3n) is 6.91. The van der Waals surface area contributed by atoms with Gasteiger partial charge in [0.05, 0.1) is 5.57 Å². The number of para-hydroxylation sites is 1. The molecule has 10 heteroatoms. The van der Waals surface area contributed by atoms with Crippen LogP contribution in [0.15, 0.2) is 124 Å². The van der Waals surface area contributed by atoms with Gasteiger partial charge in [-0.25, -0.2) is 4.68 Å². The summed E-state index contributed by atoms with van der Waals surface area (Å²) in [5.41, 5.74) is 4.90. The molecule has 0 aliphatic carbocycles. The Morgan fingerprint density at radius 1 is 1.02 bits per heavy atom. The first kappa shape index (κ1) is 29.0. The molecule has 1 atom stereocenters. The molecule has 216 valence electrons. The van der Waals surface area contributed by atoms with Crippen LogP contribution in [0.2, 0.25) is 5.02 Å². The quantitative estimate of drug-likeness (QED) is 0.153. The summed E-state index contributed by atoms with van der Waals surface area (Å²) in [6.07, 6.45) is 0. The van der Waals surface area contributed by atoms with Gasteiger partial charge in [0.15, 0.2) is 0 Å². The topological polar surface area (TPSA) is 81.1 Å². The monoisotopic (exact) mass is 671 g/mol. The number of halogens is 2. The normalized spacial score (nSPS) is 14.2. The van der Waals surface area contributed by atoms with E-state index < -0.39 is 6.04 Å². The summed E-state index contributed by atoms with van der Waals surface area (Å²) < 4.78 is 8.83. The largest absolute Gasteiger partial charge is 0.489 e. The van der Waals surface area contributed by atoms with Crippen molar-refractivity contribution in [3.63, 3.8) is 0 Å². The zero-order chi connectivity index (χ0) is 29.8. The Morgan fingerprint density at radius 3 is 2.56 bits per heavy atom. The minimum Gasteiger partial charge on any atom is -0.489 e. The van der Waals surface area contributed by atoms with Gasteiger partial charge in [-0.05, 0) is 66.1 Å². The summed E-state index contributed by atoms with van der Waals surface area (Å²) in [7, 11) is 0. The number of ether oxygens (including phenoxy) is 1. The van der Waals surface area contributed by atoms with Crippen LogP contribution in [-0.4, -0.2) is 20.7 Å². The van der Waals surface area contributed by atoms with Crippen molar-refractivity contribution in [2.24, 2.45) is 0 Å². The lowest BCUT2D eigenvalue weighted by atomic mass is 9.95. The van der Waals surface area contributed by atoms with Gasteiger partial charge in [-0.3, -0.25) is 4.79 Å². The Morgan fingerprint density at radius 2 is 1.79 bits per heavy atom. The summed E-state index contributed by atoms with van der Waals surface area (Å²) in [6, 6.07) is 32.4. The number of fused-ring (bicyclic) bond motifs is 1. The molecule has 0 radical (unpaired) electrons. The Hall–Kier alpha value is -4.05. The first-order chi connectivity index (χ1) is 20.9. The van der Waals surface area contributed by atoms with E-state index in [9.17, 15) is 4.79 Å². The van der Waals surface area contributed by atoms with E-state index in [1.807, 2.05) is 110 Å². The first-order valence-electron chi connectivity index (χ1n) is 13.6. The molecule has 2 N–H and O–H groups in total. The van der Waals surface area contributed by atoms with E-state index in [0.717, 1.165) is 26.9 Å². The van der Waals surface area contributed by atoms with Gasteiger partial charge in [-0.15, -0.1) is 5.10 Å². The highest BCUT2D eigenvalue weighted by Gasteiger charge is 2.34. The molecule has 0 fully saturated rings. The molecule has 2 heterocycles. The number of hydrogen-bond acceptors (Lipinski definition) is 6. The van der Waals surface area contributed by atoms with Crippen LogP contribution in [0.4, 0.5) is 11.6 Å². The number of anilines is 2. The van der Waals surface area contributed by atoms with Gasteiger partial charge in [0.1, 0.15) is 18.4 Å². The fourth-order valence-electron chi connectivity index (χ4n) is 4.81. The van der Waals surface area contributed by atoms with Gasteiger partial charge in [0.2, 0.25) is 11.1 Å². The van der Waals surface area contributed by atoms with Crippen LogP contribution in [0, 0.1) is 0 Å². The molecule has 0 saturated carbocycles. The molecule has 0 spiro atoms. The number of amides is 1. The number of nitrogens with one attached hydrogen (secondary N) is 2. The number of carbonyl (C=O) groups excluding carboxylic acids is 1. The average Bonchev–Trinajstić information content (AvgIpc) is 3.42. The van der Waals surface area contributed by atoms with Gasteiger partial charge >= 0.3 is 0 Å². The number of aromatic nitrogens is 3. The fraction of sp³-hybridized carbons (Fsp3) is 0.121. The second-order valence-electron chi connectivity index (χ2n) is 9.92. The molecule has 0 bridgehead atoms. The first-order valence-corrected chi connectivity index (χ1v) is 15.7. The van der Waals surface area contributed by atoms with E-state index in [-0.39, 0.29) is 5.91 Å². The van der Waals surface area contributed by atoms with Crippen molar-refractivity contribution >= 4 is 56.8 Å². The van der Waals surface area contributed by atoms with E-state index in [1.165, 1.54) is 11.8 Å². The molecule has 1 aliphatic heterocycles. The molecule has 1 amide bonds. The van der Waals surface area contributed by atoms with Crippen LogP contribution >= 0.6 is 39.3 Å². The number of rotatable bonds is 9. The zero-order valence-electron chi connectivity index (χ0n) is 23.1. The summed E-state index contributed by atoms with van der Waals surface area (Å²) in [4.78, 5) is 18.5. The van der Waals surface area contributed by atoms with E-state index in [1.54, 1.807) is 4.68 Å². The van der Waals surface area contributed by atoms with Crippen LogP contribution in [0.3, 0.4) is 0 Å². The number of benzene rings is 4. The number of carbonyl (C=O) groups is 1. The van der Waals surface area contributed by atoms with Gasteiger partial charge in [-0.1, -0.05) is 100.0 Å². The van der Waals surface area contributed by atoms with E-state index in [4.69, 9.17) is 26.4 Å². The maximum atomic E-state index is 13.8. The predicted octanol–water partition coefficient (Wildman–Crippen LogP) is 8.49.